The molecule has 0 unspecified atom stereocenters. The van der Waals surface area contributed by atoms with Gasteiger partial charge < -0.3 is 14.7 Å². The number of likely N-dealkylation sites (N-methyl/N-ethyl adjacent to an activating group) is 1. The molecule has 1 aliphatic rings. The number of halogens is 1. The molecular weight excluding hydrogens is 254 g/mol. The Balaban J connectivity index is 1.97. The number of amides is 1. The highest BCUT2D eigenvalue weighted by molar-refractivity contribution is 6.31. The molecular formula is C13H16ClNO3. The van der Waals surface area contributed by atoms with Crippen LogP contribution in [-0.2, 0) is 11.4 Å². The number of benzene rings is 1. The van der Waals surface area contributed by atoms with Gasteiger partial charge in [0.05, 0.1) is 6.61 Å². The molecule has 2 rings (SSSR count). The highest BCUT2D eigenvalue weighted by Crippen LogP contribution is 2.27. The number of aliphatic hydroxyl groups excluding tert-OH is 1. The number of hydrogen-bond acceptors (Lipinski definition) is 3. The molecule has 1 N–H and O–H groups in total. The Morgan fingerprint density at radius 2 is 2.28 bits per heavy atom. The average molecular weight is 270 g/mol. The molecule has 0 bridgehead atoms. The standard InChI is InChI=1S/C13H16ClNO3/c1-15(9-5-6-9)13(17)8-18-12-4-2-3-11(14)10(12)7-16/h2-4,9,16H,5-8H2,1H3. The molecule has 1 fully saturated rings. The Hall–Kier alpha value is -1.26. The predicted molar refractivity (Wildman–Crippen MR) is 68.7 cm³/mol. The summed E-state index contributed by atoms with van der Waals surface area (Å²) in [4.78, 5) is 13.5. The zero-order valence-corrected chi connectivity index (χ0v) is 11.0. The minimum absolute atomic E-state index is 0.0274. The van der Waals surface area contributed by atoms with Gasteiger partial charge in [-0.1, -0.05) is 17.7 Å². The average Bonchev–Trinajstić information content (AvgIpc) is 3.19. The van der Waals surface area contributed by atoms with E-state index in [9.17, 15) is 9.90 Å². The highest BCUT2D eigenvalue weighted by Gasteiger charge is 2.29. The summed E-state index contributed by atoms with van der Waals surface area (Å²) in [5, 5.41) is 9.65. The zero-order chi connectivity index (χ0) is 13.1. The molecule has 5 heteroatoms. The van der Waals surface area contributed by atoms with Crippen molar-refractivity contribution >= 4 is 17.5 Å². The maximum atomic E-state index is 11.8. The number of aliphatic hydroxyl groups is 1. The third kappa shape index (κ3) is 2.94. The molecule has 1 aromatic rings. The van der Waals surface area contributed by atoms with Gasteiger partial charge in [0.2, 0.25) is 0 Å². The second-order valence-corrected chi connectivity index (χ2v) is 4.81. The molecule has 0 heterocycles. The Bertz CT molecular complexity index is 446. The van der Waals surface area contributed by atoms with Crippen molar-refractivity contribution in [2.24, 2.45) is 0 Å². The number of rotatable bonds is 5. The third-order valence-electron chi connectivity index (χ3n) is 3.07. The highest BCUT2D eigenvalue weighted by atomic mass is 35.5. The summed E-state index contributed by atoms with van der Waals surface area (Å²) in [7, 11) is 1.79. The van der Waals surface area contributed by atoms with E-state index in [4.69, 9.17) is 16.3 Å². The molecule has 0 saturated heterocycles. The van der Waals surface area contributed by atoms with E-state index in [1.165, 1.54) is 0 Å². The van der Waals surface area contributed by atoms with Gasteiger partial charge in [0.25, 0.3) is 5.91 Å². The second-order valence-electron chi connectivity index (χ2n) is 4.40. The van der Waals surface area contributed by atoms with Gasteiger partial charge >= 0.3 is 0 Å². The Morgan fingerprint density at radius 3 is 2.89 bits per heavy atom. The lowest BCUT2D eigenvalue weighted by Gasteiger charge is -2.17. The van der Waals surface area contributed by atoms with Gasteiger partial charge in [0, 0.05) is 23.7 Å². The molecule has 0 spiro atoms. The van der Waals surface area contributed by atoms with Crippen LogP contribution in [-0.4, -0.2) is 35.6 Å². The lowest BCUT2D eigenvalue weighted by Crippen LogP contribution is -2.33. The van der Waals surface area contributed by atoms with E-state index < -0.39 is 0 Å². The first-order chi connectivity index (χ1) is 8.63. The molecule has 4 nitrogen and oxygen atoms in total. The van der Waals surface area contributed by atoms with Gasteiger partial charge in [-0.15, -0.1) is 0 Å². The number of carbonyl (C=O) groups is 1. The Labute approximate surface area is 111 Å². The summed E-state index contributed by atoms with van der Waals surface area (Å²) in [5.41, 5.74) is 0.515. The SMILES string of the molecule is CN(C(=O)COc1cccc(Cl)c1CO)C1CC1. The van der Waals surface area contributed by atoms with E-state index in [0.717, 1.165) is 12.8 Å². The van der Waals surface area contributed by atoms with Crippen LogP contribution in [0.2, 0.25) is 5.02 Å². The van der Waals surface area contributed by atoms with Crippen molar-refractivity contribution in [1.29, 1.82) is 0 Å². The lowest BCUT2D eigenvalue weighted by molar-refractivity contribution is -0.132. The van der Waals surface area contributed by atoms with Crippen molar-refractivity contribution in [3.05, 3.63) is 28.8 Å². The summed E-state index contributed by atoms with van der Waals surface area (Å²) in [6.07, 6.45) is 2.14. The summed E-state index contributed by atoms with van der Waals surface area (Å²) in [6, 6.07) is 5.48. The first kappa shape index (κ1) is 13.2. The van der Waals surface area contributed by atoms with Crippen molar-refractivity contribution < 1.29 is 14.6 Å². The summed E-state index contributed by atoms with van der Waals surface area (Å²) in [6.45, 7) is -0.234. The van der Waals surface area contributed by atoms with Crippen LogP contribution in [0.1, 0.15) is 18.4 Å². The smallest absolute Gasteiger partial charge is 0.260 e. The molecule has 0 radical (unpaired) electrons. The van der Waals surface area contributed by atoms with Gasteiger partial charge in [-0.3, -0.25) is 4.79 Å². The van der Waals surface area contributed by atoms with E-state index in [0.29, 0.717) is 22.4 Å². The van der Waals surface area contributed by atoms with Crippen molar-refractivity contribution in [3.8, 4) is 5.75 Å². The number of carbonyl (C=O) groups excluding carboxylic acids is 1. The van der Waals surface area contributed by atoms with E-state index in [2.05, 4.69) is 0 Å². The largest absolute Gasteiger partial charge is 0.483 e. The van der Waals surface area contributed by atoms with Gasteiger partial charge in [0.15, 0.2) is 6.61 Å². The normalized spacial score (nSPS) is 14.4. The third-order valence-corrected chi connectivity index (χ3v) is 3.43. The molecule has 1 amide bonds. The van der Waals surface area contributed by atoms with Crippen LogP contribution < -0.4 is 4.74 Å². The Morgan fingerprint density at radius 1 is 1.56 bits per heavy atom. The van der Waals surface area contributed by atoms with Gasteiger partial charge in [-0.2, -0.15) is 0 Å². The molecule has 0 atom stereocenters. The van der Waals surface area contributed by atoms with Crippen molar-refractivity contribution in [2.45, 2.75) is 25.5 Å². The fraction of sp³-hybridized carbons (Fsp3) is 0.462. The zero-order valence-electron chi connectivity index (χ0n) is 10.2. The van der Waals surface area contributed by atoms with Crippen LogP contribution in [0.15, 0.2) is 18.2 Å². The molecule has 0 aromatic heterocycles. The molecule has 1 saturated carbocycles. The maximum absolute atomic E-state index is 11.8. The van der Waals surface area contributed by atoms with E-state index >= 15 is 0 Å². The van der Waals surface area contributed by atoms with Gasteiger partial charge in [-0.25, -0.2) is 0 Å². The minimum atomic E-state index is -0.207. The number of nitrogens with zero attached hydrogens (tertiary/aromatic N) is 1. The van der Waals surface area contributed by atoms with Crippen LogP contribution in [0.25, 0.3) is 0 Å². The molecule has 0 aliphatic heterocycles. The summed E-state index contributed by atoms with van der Waals surface area (Å²) < 4.78 is 5.43. The monoisotopic (exact) mass is 269 g/mol. The molecule has 1 aliphatic carbocycles. The first-order valence-corrected chi connectivity index (χ1v) is 6.28. The van der Waals surface area contributed by atoms with Crippen LogP contribution in [0.4, 0.5) is 0 Å². The van der Waals surface area contributed by atoms with Crippen LogP contribution in [0.5, 0.6) is 5.75 Å². The quantitative estimate of drug-likeness (QED) is 0.887. The molecule has 18 heavy (non-hydrogen) atoms. The van der Waals surface area contributed by atoms with Crippen molar-refractivity contribution in [1.82, 2.24) is 4.90 Å². The molecule has 98 valence electrons. The van der Waals surface area contributed by atoms with Gasteiger partial charge in [-0.05, 0) is 25.0 Å². The number of hydrogen-bond donors (Lipinski definition) is 1. The fourth-order valence-corrected chi connectivity index (χ4v) is 1.96. The summed E-state index contributed by atoms with van der Waals surface area (Å²) in [5.74, 6) is 0.406. The Kier molecular flexibility index (Phi) is 4.09. The second kappa shape index (κ2) is 5.59. The first-order valence-electron chi connectivity index (χ1n) is 5.90. The van der Waals surface area contributed by atoms with Crippen molar-refractivity contribution in [3.63, 3.8) is 0 Å². The fourth-order valence-electron chi connectivity index (χ4n) is 1.73. The van der Waals surface area contributed by atoms with E-state index in [-0.39, 0.29) is 19.1 Å². The van der Waals surface area contributed by atoms with Crippen LogP contribution in [0.3, 0.4) is 0 Å². The minimum Gasteiger partial charge on any atom is -0.483 e. The van der Waals surface area contributed by atoms with E-state index in [1.54, 1.807) is 30.1 Å². The van der Waals surface area contributed by atoms with Gasteiger partial charge in [0.1, 0.15) is 5.75 Å². The predicted octanol–water partition coefficient (Wildman–Crippen LogP) is 1.83. The maximum Gasteiger partial charge on any atom is 0.260 e. The van der Waals surface area contributed by atoms with Crippen LogP contribution >= 0.6 is 11.6 Å². The number of ether oxygens (including phenoxy) is 1. The lowest BCUT2D eigenvalue weighted by atomic mass is 10.2. The topological polar surface area (TPSA) is 49.8 Å². The van der Waals surface area contributed by atoms with E-state index in [1.807, 2.05) is 0 Å². The van der Waals surface area contributed by atoms with Crippen LogP contribution in [0, 0.1) is 0 Å². The molecule has 1 aromatic carbocycles. The van der Waals surface area contributed by atoms with Crippen molar-refractivity contribution in [2.75, 3.05) is 13.7 Å². The summed E-state index contributed by atoms with van der Waals surface area (Å²) >= 11 is 5.93.